The number of aromatic nitrogens is 1. The Morgan fingerprint density at radius 1 is 1.32 bits per heavy atom. The standard InChI is InChI=1S/C13H13N3O2S/c1-8(11(14)17)15-12(18)10-7-19-13(16-10)9-5-3-2-4-6-9/h2-8H,1H3,(H2,14,17)(H,15,18)/t8-/m1/s1. The molecule has 19 heavy (non-hydrogen) atoms. The van der Waals surface area contributed by atoms with Crippen LogP contribution in [0.1, 0.15) is 17.4 Å². The van der Waals surface area contributed by atoms with Crippen molar-refractivity contribution < 1.29 is 9.59 Å². The number of nitrogens with two attached hydrogens (primary N) is 1. The lowest BCUT2D eigenvalue weighted by molar-refractivity contribution is -0.119. The topological polar surface area (TPSA) is 85.1 Å². The van der Waals surface area contributed by atoms with Gasteiger partial charge in [0.05, 0.1) is 0 Å². The highest BCUT2D eigenvalue weighted by molar-refractivity contribution is 7.13. The number of hydrogen-bond acceptors (Lipinski definition) is 4. The van der Waals surface area contributed by atoms with Crippen molar-refractivity contribution in [1.82, 2.24) is 10.3 Å². The third kappa shape index (κ3) is 3.17. The van der Waals surface area contributed by atoms with E-state index in [0.717, 1.165) is 10.6 Å². The summed E-state index contributed by atoms with van der Waals surface area (Å²) in [6.45, 7) is 1.53. The summed E-state index contributed by atoms with van der Waals surface area (Å²) >= 11 is 1.38. The second-order valence-corrected chi connectivity index (χ2v) is 4.86. The maximum Gasteiger partial charge on any atom is 0.271 e. The first-order chi connectivity index (χ1) is 9.08. The molecule has 0 saturated carbocycles. The molecule has 0 radical (unpaired) electrons. The molecule has 0 aliphatic carbocycles. The van der Waals surface area contributed by atoms with Gasteiger partial charge in [0, 0.05) is 10.9 Å². The van der Waals surface area contributed by atoms with Crippen LogP contribution in [0.4, 0.5) is 0 Å². The molecule has 1 aromatic carbocycles. The van der Waals surface area contributed by atoms with Gasteiger partial charge in [-0.15, -0.1) is 11.3 Å². The van der Waals surface area contributed by atoms with Gasteiger partial charge in [0.25, 0.3) is 5.91 Å². The minimum absolute atomic E-state index is 0.289. The van der Waals surface area contributed by atoms with E-state index in [1.54, 1.807) is 5.38 Å². The Kier molecular flexibility index (Phi) is 3.91. The number of carbonyl (C=O) groups is 2. The number of nitrogens with zero attached hydrogens (tertiary/aromatic N) is 1. The highest BCUT2D eigenvalue weighted by atomic mass is 32.1. The summed E-state index contributed by atoms with van der Waals surface area (Å²) in [5, 5.41) is 4.91. The second-order valence-electron chi connectivity index (χ2n) is 4.00. The van der Waals surface area contributed by atoms with E-state index in [9.17, 15) is 9.59 Å². The van der Waals surface area contributed by atoms with Crippen LogP contribution in [-0.2, 0) is 4.79 Å². The summed E-state index contributed by atoms with van der Waals surface area (Å²) in [6.07, 6.45) is 0. The Hall–Kier alpha value is -2.21. The molecule has 1 aromatic heterocycles. The SMILES string of the molecule is C[C@@H](NC(=O)c1csc(-c2ccccc2)n1)C(N)=O. The molecule has 0 unspecified atom stereocenters. The van der Waals surface area contributed by atoms with Gasteiger partial charge in [-0.2, -0.15) is 0 Å². The fourth-order valence-corrected chi connectivity index (χ4v) is 2.24. The fourth-order valence-electron chi connectivity index (χ4n) is 1.43. The first kappa shape index (κ1) is 13.2. The zero-order valence-corrected chi connectivity index (χ0v) is 11.1. The van der Waals surface area contributed by atoms with Crippen LogP contribution in [0.15, 0.2) is 35.7 Å². The lowest BCUT2D eigenvalue weighted by Gasteiger charge is -2.07. The van der Waals surface area contributed by atoms with E-state index in [0.29, 0.717) is 0 Å². The van der Waals surface area contributed by atoms with E-state index in [1.165, 1.54) is 18.3 Å². The molecule has 0 saturated heterocycles. The minimum Gasteiger partial charge on any atom is -0.368 e. The van der Waals surface area contributed by atoms with E-state index < -0.39 is 17.9 Å². The van der Waals surface area contributed by atoms with Gasteiger partial charge in [-0.05, 0) is 6.92 Å². The smallest absolute Gasteiger partial charge is 0.271 e. The second kappa shape index (κ2) is 5.62. The van der Waals surface area contributed by atoms with Crippen molar-refractivity contribution in [3.8, 4) is 10.6 Å². The molecule has 2 amide bonds. The van der Waals surface area contributed by atoms with Crippen LogP contribution in [0.5, 0.6) is 0 Å². The first-order valence-corrected chi connectivity index (χ1v) is 6.57. The van der Waals surface area contributed by atoms with Gasteiger partial charge in [-0.25, -0.2) is 4.98 Å². The van der Waals surface area contributed by atoms with Crippen molar-refractivity contribution in [2.45, 2.75) is 13.0 Å². The Morgan fingerprint density at radius 3 is 2.63 bits per heavy atom. The minimum atomic E-state index is -0.714. The predicted octanol–water partition coefficient (Wildman–Crippen LogP) is 1.41. The first-order valence-electron chi connectivity index (χ1n) is 5.69. The molecule has 0 aliphatic heterocycles. The monoisotopic (exact) mass is 275 g/mol. The average Bonchev–Trinajstić information content (AvgIpc) is 2.89. The lowest BCUT2D eigenvalue weighted by atomic mass is 10.2. The predicted molar refractivity (Wildman–Crippen MR) is 73.7 cm³/mol. The van der Waals surface area contributed by atoms with Crippen molar-refractivity contribution in [2.24, 2.45) is 5.73 Å². The molecule has 98 valence electrons. The molecular weight excluding hydrogens is 262 g/mol. The Balaban J connectivity index is 2.13. The number of thiazole rings is 1. The Bertz CT molecular complexity index is 595. The fraction of sp³-hybridized carbons (Fsp3) is 0.154. The molecular formula is C13H13N3O2S. The van der Waals surface area contributed by atoms with Crippen LogP contribution >= 0.6 is 11.3 Å². The van der Waals surface area contributed by atoms with Gasteiger partial charge in [-0.1, -0.05) is 30.3 Å². The van der Waals surface area contributed by atoms with Gasteiger partial charge >= 0.3 is 0 Å². The number of hydrogen-bond donors (Lipinski definition) is 2. The molecule has 0 aliphatic rings. The summed E-state index contributed by atoms with van der Waals surface area (Å²) in [4.78, 5) is 27.0. The van der Waals surface area contributed by atoms with Crippen LogP contribution in [-0.4, -0.2) is 22.8 Å². The van der Waals surface area contributed by atoms with Crippen molar-refractivity contribution in [2.75, 3.05) is 0 Å². The molecule has 0 bridgehead atoms. The molecule has 2 rings (SSSR count). The van der Waals surface area contributed by atoms with Crippen LogP contribution in [0, 0.1) is 0 Å². The lowest BCUT2D eigenvalue weighted by Crippen LogP contribution is -2.42. The molecule has 0 spiro atoms. The third-order valence-electron chi connectivity index (χ3n) is 2.53. The number of nitrogens with one attached hydrogen (secondary N) is 1. The van der Waals surface area contributed by atoms with E-state index >= 15 is 0 Å². The van der Waals surface area contributed by atoms with Crippen molar-refractivity contribution >= 4 is 23.2 Å². The third-order valence-corrected chi connectivity index (χ3v) is 3.42. The van der Waals surface area contributed by atoms with E-state index in [2.05, 4.69) is 10.3 Å². The summed E-state index contributed by atoms with van der Waals surface area (Å²) in [7, 11) is 0. The van der Waals surface area contributed by atoms with Crippen molar-refractivity contribution in [3.63, 3.8) is 0 Å². The molecule has 5 nitrogen and oxygen atoms in total. The molecule has 2 aromatic rings. The summed E-state index contributed by atoms with van der Waals surface area (Å²) in [6, 6.07) is 8.87. The number of amides is 2. The van der Waals surface area contributed by atoms with E-state index in [4.69, 9.17) is 5.73 Å². The molecule has 0 fully saturated rings. The van der Waals surface area contributed by atoms with Gasteiger partial charge < -0.3 is 11.1 Å². The number of rotatable bonds is 4. The Morgan fingerprint density at radius 2 is 2.00 bits per heavy atom. The molecule has 1 atom stereocenters. The average molecular weight is 275 g/mol. The number of carbonyl (C=O) groups excluding carboxylic acids is 2. The van der Waals surface area contributed by atoms with Crippen LogP contribution in [0.3, 0.4) is 0 Å². The highest BCUT2D eigenvalue weighted by Gasteiger charge is 2.16. The van der Waals surface area contributed by atoms with E-state index in [1.807, 2.05) is 30.3 Å². The zero-order chi connectivity index (χ0) is 13.8. The normalized spacial score (nSPS) is 11.8. The van der Waals surface area contributed by atoms with Gasteiger partial charge in [0.1, 0.15) is 16.7 Å². The van der Waals surface area contributed by atoms with Gasteiger partial charge in [0.15, 0.2) is 0 Å². The summed E-state index contributed by atoms with van der Waals surface area (Å²) in [5.74, 6) is -0.975. The largest absolute Gasteiger partial charge is 0.368 e. The molecule has 6 heteroatoms. The van der Waals surface area contributed by atoms with E-state index in [-0.39, 0.29) is 5.69 Å². The summed E-state index contributed by atoms with van der Waals surface area (Å²) in [5.41, 5.74) is 6.33. The zero-order valence-electron chi connectivity index (χ0n) is 10.3. The van der Waals surface area contributed by atoms with Crippen LogP contribution < -0.4 is 11.1 Å². The van der Waals surface area contributed by atoms with Crippen LogP contribution in [0.25, 0.3) is 10.6 Å². The maximum absolute atomic E-state index is 11.8. The highest BCUT2D eigenvalue weighted by Crippen LogP contribution is 2.23. The maximum atomic E-state index is 11.8. The van der Waals surface area contributed by atoms with Crippen molar-refractivity contribution in [1.29, 1.82) is 0 Å². The number of benzene rings is 1. The molecule has 1 heterocycles. The van der Waals surface area contributed by atoms with Gasteiger partial charge in [0.2, 0.25) is 5.91 Å². The van der Waals surface area contributed by atoms with Gasteiger partial charge in [-0.3, -0.25) is 9.59 Å². The quantitative estimate of drug-likeness (QED) is 0.884. The van der Waals surface area contributed by atoms with Crippen molar-refractivity contribution in [3.05, 3.63) is 41.4 Å². The van der Waals surface area contributed by atoms with Crippen LogP contribution in [0.2, 0.25) is 0 Å². The molecule has 3 N–H and O–H groups in total. The number of primary amides is 1. The Labute approximate surface area is 114 Å². The summed E-state index contributed by atoms with van der Waals surface area (Å²) < 4.78 is 0.